The number of carbonyl (C=O) groups excluding carboxylic acids is 2. The molecule has 9 nitrogen and oxygen atoms in total. The van der Waals surface area contributed by atoms with E-state index in [-0.39, 0.29) is 17.9 Å². The highest BCUT2D eigenvalue weighted by Gasteiger charge is 2.55. The van der Waals surface area contributed by atoms with Gasteiger partial charge in [-0.1, -0.05) is 13.0 Å². The molecule has 0 aromatic heterocycles. The van der Waals surface area contributed by atoms with Crippen molar-refractivity contribution >= 4 is 21.8 Å². The van der Waals surface area contributed by atoms with Crippen molar-refractivity contribution in [1.29, 1.82) is 0 Å². The first-order valence-corrected chi connectivity index (χ1v) is 10.2. The summed E-state index contributed by atoms with van der Waals surface area (Å²) < 4.78 is 88.5. The van der Waals surface area contributed by atoms with E-state index in [4.69, 9.17) is 10.2 Å². The summed E-state index contributed by atoms with van der Waals surface area (Å²) in [5.74, 6) is -1.36. The van der Waals surface area contributed by atoms with Crippen LogP contribution in [-0.4, -0.2) is 55.0 Å². The molecule has 0 fully saturated rings. The number of primary sulfonamides is 1. The zero-order valence-corrected chi connectivity index (χ0v) is 17.0. The molecule has 1 unspecified atom stereocenters. The van der Waals surface area contributed by atoms with Gasteiger partial charge in [0.05, 0.1) is 4.90 Å². The second-order valence-corrected chi connectivity index (χ2v) is 8.04. The number of aliphatic hydroxyl groups excluding tert-OH is 2. The van der Waals surface area contributed by atoms with Crippen LogP contribution < -0.4 is 15.8 Å². The van der Waals surface area contributed by atoms with E-state index < -0.39 is 52.4 Å². The van der Waals surface area contributed by atoms with Crippen LogP contribution in [0, 0.1) is 0 Å². The number of rotatable bonds is 4. The third-order valence-corrected chi connectivity index (χ3v) is 4.98. The molecule has 32 heavy (non-hydrogen) atoms. The average Bonchev–Trinajstić information content (AvgIpc) is 3.08. The molecule has 6 N–H and O–H groups in total. The number of amides is 2. The van der Waals surface area contributed by atoms with Crippen LogP contribution >= 0.6 is 0 Å². The minimum atomic E-state index is -5.63. The van der Waals surface area contributed by atoms with Gasteiger partial charge in [0, 0.05) is 6.54 Å². The van der Waals surface area contributed by atoms with Crippen molar-refractivity contribution in [3.8, 4) is 0 Å². The molecule has 0 radical (unpaired) electrons. The van der Waals surface area contributed by atoms with Gasteiger partial charge < -0.3 is 10.2 Å². The van der Waals surface area contributed by atoms with Gasteiger partial charge in [0.1, 0.15) is 12.1 Å². The Bertz CT molecular complexity index is 937. The predicted molar refractivity (Wildman–Crippen MR) is 95.0 cm³/mol. The average molecular weight is 495 g/mol. The molecule has 0 bridgehead atoms. The Morgan fingerprint density at radius 2 is 1.72 bits per heavy atom. The van der Waals surface area contributed by atoms with E-state index in [1.54, 1.807) is 6.92 Å². The first-order chi connectivity index (χ1) is 14.4. The fraction of sp³-hybridized carbons (Fsp3) is 0.500. The van der Waals surface area contributed by atoms with Gasteiger partial charge in [0.25, 0.3) is 5.91 Å². The highest BCUT2D eigenvalue weighted by molar-refractivity contribution is 7.89. The first kappa shape index (κ1) is 27.8. The second-order valence-electron chi connectivity index (χ2n) is 6.48. The number of benzene rings is 1. The molecule has 2 rings (SSSR count). The molecular weight excluding hydrogens is 476 g/mol. The normalized spacial score (nSPS) is 17.3. The van der Waals surface area contributed by atoms with Crippen molar-refractivity contribution < 1.29 is 54.6 Å². The molecule has 0 spiro atoms. The Morgan fingerprint density at radius 3 is 2.12 bits per heavy atom. The number of imide groups is 1. The van der Waals surface area contributed by atoms with Crippen LogP contribution in [0.1, 0.15) is 30.5 Å². The molecule has 1 aromatic rings. The Kier molecular flexibility index (Phi) is 8.78. The Morgan fingerprint density at radius 1 is 1.19 bits per heavy atom. The van der Waals surface area contributed by atoms with Gasteiger partial charge in [0.2, 0.25) is 22.0 Å². The molecule has 182 valence electrons. The number of nitrogens with two attached hydrogens (primary N) is 1. The van der Waals surface area contributed by atoms with Crippen LogP contribution in [0.3, 0.4) is 0 Å². The van der Waals surface area contributed by atoms with Crippen LogP contribution in [0.4, 0.5) is 26.3 Å². The summed E-state index contributed by atoms with van der Waals surface area (Å²) in [5, 5.41) is 26.9. The molecule has 0 aliphatic carbocycles. The van der Waals surface area contributed by atoms with Gasteiger partial charge in [0.15, 0.2) is 0 Å². The lowest BCUT2D eigenvalue weighted by Gasteiger charge is -2.16. The van der Waals surface area contributed by atoms with Crippen LogP contribution in [0.15, 0.2) is 23.1 Å². The molecule has 1 aliphatic heterocycles. The van der Waals surface area contributed by atoms with Crippen molar-refractivity contribution in [2.24, 2.45) is 5.14 Å². The van der Waals surface area contributed by atoms with Crippen molar-refractivity contribution in [3.63, 3.8) is 0 Å². The first-order valence-electron chi connectivity index (χ1n) is 8.62. The predicted octanol–water partition coefficient (Wildman–Crippen LogP) is 0.364. The highest BCUT2D eigenvalue weighted by atomic mass is 32.2. The number of carbonyl (C=O) groups is 2. The molecule has 16 heteroatoms. The maximum absolute atomic E-state index is 12.1. The minimum absolute atomic E-state index is 0.0356. The summed E-state index contributed by atoms with van der Waals surface area (Å²) in [4.78, 5) is 23.6. The van der Waals surface area contributed by atoms with Gasteiger partial charge in [-0.05, 0) is 29.7 Å². The lowest BCUT2D eigenvalue weighted by Crippen LogP contribution is -2.42. The summed E-state index contributed by atoms with van der Waals surface area (Å²) in [5.41, 5.74) is 1.19. The van der Waals surface area contributed by atoms with Crippen molar-refractivity contribution in [1.82, 2.24) is 10.6 Å². The minimum Gasteiger partial charge on any atom is -0.383 e. The molecule has 2 amide bonds. The lowest BCUT2D eigenvalue weighted by molar-refractivity contribution is -0.308. The molecule has 0 saturated carbocycles. The van der Waals surface area contributed by atoms with Crippen molar-refractivity contribution in [2.45, 2.75) is 55.4 Å². The number of alkyl halides is 6. The second kappa shape index (κ2) is 10.1. The van der Waals surface area contributed by atoms with Crippen molar-refractivity contribution in [3.05, 3.63) is 29.3 Å². The number of hydrogen-bond donors (Lipinski definition) is 5. The molecule has 1 aliphatic rings. The number of nitrogens with one attached hydrogen (secondary N) is 2. The summed E-state index contributed by atoms with van der Waals surface area (Å²) in [6.07, 6.45) is -16.5. The zero-order valence-electron chi connectivity index (χ0n) is 16.2. The van der Waals surface area contributed by atoms with Gasteiger partial charge >= 0.3 is 12.4 Å². The summed E-state index contributed by atoms with van der Waals surface area (Å²) in [7, 11) is -3.81. The van der Waals surface area contributed by atoms with Gasteiger partial charge in [-0.25, -0.2) is 13.6 Å². The third kappa shape index (κ3) is 7.40. The van der Waals surface area contributed by atoms with E-state index in [1.165, 1.54) is 18.2 Å². The summed E-state index contributed by atoms with van der Waals surface area (Å²) >= 11 is 0. The van der Waals surface area contributed by atoms with Gasteiger partial charge in [-0.3, -0.25) is 20.2 Å². The van der Waals surface area contributed by atoms with E-state index in [0.717, 1.165) is 0 Å². The lowest BCUT2D eigenvalue weighted by atomic mass is 10.0. The quantitative estimate of drug-likeness (QED) is 0.377. The van der Waals surface area contributed by atoms with E-state index >= 15 is 0 Å². The number of fused-ring (bicyclic) bond motifs is 1. The third-order valence-electron chi connectivity index (χ3n) is 4.07. The number of halogens is 6. The number of sulfonamides is 1. The molecule has 1 aromatic carbocycles. The molecule has 1 heterocycles. The number of hydrogen-bond acceptors (Lipinski definition) is 7. The maximum Gasteiger partial charge on any atom is 0.423 e. The van der Waals surface area contributed by atoms with Gasteiger partial charge in [-0.2, -0.15) is 26.3 Å². The number of aliphatic hydroxyl groups is 2. The summed E-state index contributed by atoms with van der Waals surface area (Å²) in [6, 6.07) is 3.41. The topological polar surface area (TPSA) is 159 Å². The van der Waals surface area contributed by atoms with Crippen LogP contribution in [0.25, 0.3) is 0 Å². The van der Waals surface area contributed by atoms with E-state index in [2.05, 4.69) is 10.6 Å². The molecule has 2 atom stereocenters. The van der Waals surface area contributed by atoms with Crippen LogP contribution in [-0.2, 0) is 26.2 Å². The Balaban J connectivity index is 0.000000433. The smallest absolute Gasteiger partial charge is 0.383 e. The highest BCUT2D eigenvalue weighted by Crippen LogP contribution is 2.32. The van der Waals surface area contributed by atoms with Crippen LogP contribution in [0.5, 0.6) is 0 Å². The van der Waals surface area contributed by atoms with Gasteiger partial charge in [-0.15, -0.1) is 0 Å². The fourth-order valence-electron chi connectivity index (χ4n) is 2.40. The standard InChI is InChI=1S/C13H17N3O5S.C3H2F6O/c1-2-10(17)12(18)16-13(19)11-9-4-3-8(22(14,20)21)5-7(9)6-15-11;4-2(5,6)1(10)3(7,8)9/h3-5,10-11,15,17H,2,6H2,1H3,(H2,14,20,21)(H,16,18,19);1,10H/t10-,11?;/m0./s1. The maximum atomic E-state index is 12.1. The zero-order chi connectivity index (χ0) is 25.1. The van der Waals surface area contributed by atoms with E-state index in [1.807, 2.05) is 0 Å². The summed E-state index contributed by atoms with van der Waals surface area (Å²) in [6.45, 7) is 1.90. The van der Waals surface area contributed by atoms with Crippen molar-refractivity contribution in [2.75, 3.05) is 0 Å². The SMILES string of the molecule is CC[C@H](O)C(=O)NC(=O)C1NCc2cc(S(N)(=O)=O)ccc21.OC(C(F)(F)F)C(F)(F)F. The van der Waals surface area contributed by atoms with E-state index in [0.29, 0.717) is 11.1 Å². The monoisotopic (exact) mass is 495 g/mol. The Hall–Kier alpha value is -2.27. The Labute approximate surface area is 177 Å². The van der Waals surface area contributed by atoms with E-state index in [9.17, 15) is 49.5 Å². The fourth-order valence-corrected chi connectivity index (χ4v) is 2.96. The largest absolute Gasteiger partial charge is 0.423 e. The molecule has 0 saturated heterocycles. The molecular formula is C16H19F6N3O6S. The van der Waals surface area contributed by atoms with Crippen LogP contribution in [0.2, 0.25) is 0 Å².